The molecule has 1 aliphatic rings. The normalized spacial score (nSPS) is 14.7. The van der Waals surface area contributed by atoms with Crippen LogP contribution in [0.15, 0.2) is 18.2 Å². The zero-order chi connectivity index (χ0) is 16.2. The van der Waals surface area contributed by atoms with Gasteiger partial charge in [0.15, 0.2) is 0 Å². The predicted octanol–water partition coefficient (Wildman–Crippen LogP) is 3.34. The van der Waals surface area contributed by atoms with Gasteiger partial charge in [-0.05, 0) is 37.5 Å². The average molecular weight is 335 g/mol. The standard InChI is InChI=1S/C17H23ClN4O/c1-3-12(2)23-15-7-6-13(9-14(15)18)10-19-11-17-21-20-16-5-4-8-22(16)17/h6-7,9,12,19H,3-5,8,10-11H2,1-2H3/t12-/m0/s1. The van der Waals surface area contributed by atoms with E-state index >= 15 is 0 Å². The molecule has 2 heterocycles. The van der Waals surface area contributed by atoms with Crippen molar-refractivity contribution in [3.05, 3.63) is 40.4 Å². The van der Waals surface area contributed by atoms with Gasteiger partial charge < -0.3 is 14.6 Å². The lowest BCUT2D eigenvalue weighted by Crippen LogP contribution is -2.16. The van der Waals surface area contributed by atoms with Gasteiger partial charge in [-0.3, -0.25) is 0 Å². The number of benzene rings is 1. The SMILES string of the molecule is CC[C@H](C)Oc1ccc(CNCc2nnc3n2CCC3)cc1Cl. The van der Waals surface area contributed by atoms with Crippen LogP contribution in [0.5, 0.6) is 5.75 Å². The monoisotopic (exact) mass is 334 g/mol. The van der Waals surface area contributed by atoms with E-state index < -0.39 is 0 Å². The van der Waals surface area contributed by atoms with Crippen LogP contribution >= 0.6 is 11.6 Å². The first-order chi connectivity index (χ1) is 11.2. The molecule has 1 aliphatic heterocycles. The molecule has 0 spiro atoms. The van der Waals surface area contributed by atoms with Crippen LogP contribution in [-0.4, -0.2) is 20.9 Å². The number of nitrogens with zero attached hydrogens (tertiary/aromatic N) is 3. The van der Waals surface area contributed by atoms with Gasteiger partial charge in [0.1, 0.15) is 17.4 Å². The highest BCUT2D eigenvalue weighted by Crippen LogP contribution is 2.27. The molecule has 0 amide bonds. The van der Waals surface area contributed by atoms with Crippen molar-refractivity contribution in [3.63, 3.8) is 0 Å². The Kier molecular flexibility index (Phi) is 5.18. The van der Waals surface area contributed by atoms with Crippen LogP contribution in [0.1, 0.15) is 43.9 Å². The summed E-state index contributed by atoms with van der Waals surface area (Å²) in [5.74, 6) is 2.87. The van der Waals surface area contributed by atoms with Crippen LogP contribution in [0.4, 0.5) is 0 Å². The van der Waals surface area contributed by atoms with E-state index in [0.717, 1.165) is 55.4 Å². The summed E-state index contributed by atoms with van der Waals surface area (Å²) in [6, 6.07) is 5.95. The summed E-state index contributed by atoms with van der Waals surface area (Å²) in [6.07, 6.45) is 3.35. The van der Waals surface area contributed by atoms with Gasteiger partial charge in [0, 0.05) is 19.5 Å². The Labute approximate surface area is 142 Å². The number of rotatable bonds is 7. The first-order valence-electron chi connectivity index (χ1n) is 8.24. The molecule has 23 heavy (non-hydrogen) atoms. The maximum Gasteiger partial charge on any atom is 0.147 e. The molecule has 1 N–H and O–H groups in total. The van der Waals surface area contributed by atoms with E-state index in [2.05, 4.69) is 27.0 Å². The van der Waals surface area contributed by atoms with Crippen molar-refractivity contribution in [1.82, 2.24) is 20.1 Å². The Morgan fingerprint density at radius 3 is 3.00 bits per heavy atom. The first-order valence-corrected chi connectivity index (χ1v) is 8.62. The number of aryl methyl sites for hydroxylation is 1. The number of hydrogen-bond acceptors (Lipinski definition) is 4. The maximum absolute atomic E-state index is 6.31. The summed E-state index contributed by atoms with van der Waals surface area (Å²) in [5, 5.41) is 12.5. The van der Waals surface area contributed by atoms with Gasteiger partial charge in [0.05, 0.1) is 17.7 Å². The fourth-order valence-electron chi connectivity index (χ4n) is 2.71. The van der Waals surface area contributed by atoms with Crippen LogP contribution in [-0.2, 0) is 26.1 Å². The van der Waals surface area contributed by atoms with E-state index in [1.165, 1.54) is 6.42 Å². The molecule has 0 fully saturated rings. The molecule has 0 saturated carbocycles. The molecule has 0 radical (unpaired) electrons. The van der Waals surface area contributed by atoms with E-state index in [4.69, 9.17) is 16.3 Å². The topological polar surface area (TPSA) is 52.0 Å². The van der Waals surface area contributed by atoms with Crippen LogP contribution < -0.4 is 10.1 Å². The zero-order valence-corrected chi connectivity index (χ0v) is 14.4. The molecule has 0 bridgehead atoms. The fraction of sp³-hybridized carbons (Fsp3) is 0.529. The van der Waals surface area contributed by atoms with E-state index in [0.29, 0.717) is 5.02 Å². The number of hydrogen-bond donors (Lipinski definition) is 1. The smallest absolute Gasteiger partial charge is 0.147 e. The Hall–Kier alpha value is -1.59. The Bertz CT molecular complexity index is 671. The minimum Gasteiger partial charge on any atom is -0.489 e. The van der Waals surface area contributed by atoms with Crippen molar-refractivity contribution in [2.45, 2.75) is 58.8 Å². The molecular weight excluding hydrogens is 312 g/mol. The lowest BCUT2D eigenvalue weighted by Gasteiger charge is -2.14. The van der Waals surface area contributed by atoms with E-state index in [1.807, 2.05) is 25.1 Å². The van der Waals surface area contributed by atoms with E-state index in [9.17, 15) is 0 Å². The summed E-state index contributed by atoms with van der Waals surface area (Å²) >= 11 is 6.31. The molecule has 3 rings (SSSR count). The van der Waals surface area contributed by atoms with Gasteiger partial charge in [-0.1, -0.05) is 24.6 Å². The van der Waals surface area contributed by atoms with E-state index in [-0.39, 0.29) is 6.10 Å². The van der Waals surface area contributed by atoms with Gasteiger partial charge >= 0.3 is 0 Å². The average Bonchev–Trinajstić information content (AvgIpc) is 3.14. The molecule has 124 valence electrons. The summed E-state index contributed by atoms with van der Waals surface area (Å²) in [6.45, 7) is 6.63. The molecule has 0 saturated heterocycles. The van der Waals surface area contributed by atoms with Crippen LogP contribution in [0, 0.1) is 0 Å². The van der Waals surface area contributed by atoms with E-state index in [1.54, 1.807) is 0 Å². The highest BCUT2D eigenvalue weighted by Gasteiger charge is 2.16. The van der Waals surface area contributed by atoms with Crippen molar-refractivity contribution in [2.24, 2.45) is 0 Å². The lowest BCUT2D eigenvalue weighted by molar-refractivity contribution is 0.217. The number of nitrogens with one attached hydrogen (secondary N) is 1. The van der Waals surface area contributed by atoms with Gasteiger partial charge in [0.25, 0.3) is 0 Å². The van der Waals surface area contributed by atoms with Gasteiger partial charge in [0.2, 0.25) is 0 Å². The largest absolute Gasteiger partial charge is 0.489 e. The highest BCUT2D eigenvalue weighted by molar-refractivity contribution is 6.32. The minimum absolute atomic E-state index is 0.173. The third kappa shape index (κ3) is 3.85. The quantitative estimate of drug-likeness (QED) is 0.843. The fourth-order valence-corrected chi connectivity index (χ4v) is 2.96. The van der Waals surface area contributed by atoms with Gasteiger partial charge in [-0.15, -0.1) is 10.2 Å². The van der Waals surface area contributed by atoms with Crippen LogP contribution in [0.25, 0.3) is 0 Å². The highest BCUT2D eigenvalue weighted by atomic mass is 35.5. The second kappa shape index (κ2) is 7.32. The zero-order valence-electron chi connectivity index (χ0n) is 13.7. The van der Waals surface area contributed by atoms with Crippen LogP contribution in [0.2, 0.25) is 5.02 Å². The van der Waals surface area contributed by atoms with Gasteiger partial charge in [-0.25, -0.2) is 0 Å². The Morgan fingerprint density at radius 1 is 1.35 bits per heavy atom. The van der Waals surface area contributed by atoms with Gasteiger partial charge in [-0.2, -0.15) is 0 Å². The summed E-state index contributed by atoms with van der Waals surface area (Å²) in [4.78, 5) is 0. The number of halogens is 1. The minimum atomic E-state index is 0.173. The predicted molar refractivity (Wildman–Crippen MR) is 90.7 cm³/mol. The molecular formula is C17H23ClN4O. The molecule has 1 aromatic heterocycles. The maximum atomic E-state index is 6.31. The van der Waals surface area contributed by atoms with Crippen molar-refractivity contribution < 1.29 is 4.74 Å². The Morgan fingerprint density at radius 2 is 2.22 bits per heavy atom. The van der Waals surface area contributed by atoms with Crippen LogP contribution in [0.3, 0.4) is 0 Å². The van der Waals surface area contributed by atoms with Crippen molar-refractivity contribution in [2.75, 3.05) is 0 Å². The second-order valence-electron chi connectivity index (χ2n) is 5.99. The molecule has 1 aromatic carbocycles. The third-order valence-corrected chi connectivity index (χ3v) is 4.49. The number of aromatic nitrogens is 3. The molecule has 5 nitrogen and oxygen atoms in total. The second-order valence-corrected chi connectivity index (χ2v) is 6.40. The first kappa shape index (κ1) is 16.3. The van der Waals surface area contributed by atoms with Crippen molar-refractivity contribution in [1.29, 1.82) is 0 Å². The third-order valence-electron chi connectivity index (χ3n) is 4.20. The summed E-state index contributed by atoms with van der Waals surface area (Å²) in [7, 11) is 0. The molecule has 0 unspecified atom stereocenters. The van der Waals surface area contributed by atoms with Crippen molar-refractivity contribution >= 4 is 11.6 Å². The summed E-state index contributed by atoms with van der Waals surface area (Å²) in [5.41, 5.74) is 1.13. The molecule has 2 aromatic rings. The number of ether oxygens (including phenoxy) is 1. The lowest BCUT2D eigenvalue weighted by atomic mass is 10.2. The molecule has 0 aliphatic carbocycles. The molecule has 1 atom stereocenters. The van der Waals surface area contributed by atoms with Crippen molar-refractivity contribution in [3.8, 4) is 5.75 Å². The number of fused-ring (bicyclic) bond motifs is 1. The summed E-state index contributed by atoms with van der Waals surface area (Å²) < 4.78 is 8.00. The Balaban J connectivity index is 1.55. The molecule has 6 heteroatoms.